The molecule has 0 spiro atoms. The highest BCUT2D eigenvalue weighted by molar-refractivity contribution is 14.0. The molecule has 7 heteroatoms. The molecule has 29 heavy (non-hydrogen) atoms. The first kappa shape index (κ1) is 24.1. The Morgan fingerprint density at radius 3 is 2.55 bits per heavy atom. The SMILES string of the molecule is CCNC(=NCc1ccccc1CN1CCCCC1)NCc1ncc(CC)s1.I. The minimum atomic E-state index is 0. The van der Waals surface area contributed by atoms with Crippen molar-refractivity contribution in [1.29, 1.82) is 0 Å². The van der Waals surface area contributed by atoms with Gasteiger partial charge in [-0.1, -0.05) is 37.6 Å². The number of hydrogen-bond donors (Lipinski definition) is 2. The summed E-state index contributed by atoms with van der Waals surface area (Å²) in [6.45, 7) is 9.99. The van der Waals surface area contributed by atoms with Gasteiger partial charge in [-0.25, -0.2) is 9.98 Å². The molecule has 0 amide bonds. The lowest BCUT2D eigenvalue weighted by Crippen LogP contribution is -2.36. The second-order valence-corrected chi connectivity index (χ2v) is 8.43. The molecular weight excluding hydrogens is 493 g/mol. The first-order valence-corrected chi connectivity index (χ1v) is 11.3. The number of piperidine rings is 1. The summed E-state index contributed by atoms with van der Waals surface area (Å²) in [7, 11) is 0. The van der Waals surface area contributed by atoms with E-state index in [0.29, 0.717) is 13.1 Å². The van der Waals surface area contributed by atoms with Crippen LogP contribution in [0.2, 0.25) is 0 Å². The number of guanidine groups is 1. The number of aryl methyl sites for hydroxylation is 1. The Kier molecular flexibility index (Phi) is 10.9. The molecule has 1 aliphatic rings. The molecule has 0 aliphatic carbocycles. The number of rotatable bonds is 8. The Bertz CT molecular complexity index is 755. The second kappa shape index (κ2) is 13.2. The van der Waals surface area contributed by atoms with E-state index >= 15 is 0 Å². The predicted molar refractivity (Wildman–Crippen MR) is 134 cm³/mol. The third kappa shape index (κ3) is 7.86. The molecule has 1 aliphatic heterocycles. The molecule has 2 N–H and O–H groups in total. The summed E-state index contributed by atoms with van der Waals surface area (Å²) < 4.78 is 0. The molecule has 0 radical (unpaired) electrons. The van der Waals surface area contributed by atoms with Crippen molar-refractivity contribution in [1.82, 2.24) is 20.5 Å². The zero-order chi connectivity index (χ0) is 19.6. The smallest absolute Gasteiger partial charge is 0.191 e. The lowest BCUT2D eigenvalue weighted by atomic mass is 10.1. The van der Waals surface area contributed by atoms with E-state index in [-0.39, 0.29) is 24.0 Å². The molecule has 5 nitrogen and oxygen atoms in total. The maximum Gasteiger partial charge on any atom is 0.191 e. The van der Waals surface area contributed by atoms with Crippen LogP contribution in [-0.2, 0) is 26.1 Å². The van der Waals surface area contributed by atoms with Crippen LogP contribution in [0.3, 0.4) is 0 Å². The summed E-state index contributed by atoms with van der Waals surface area (Å²) in [6, 6.07) is 8.72. The molecule has 0 unspecified atom stereocenters. The Morgan fingerprint density at radius 2 is 1.86 bits per heavy atom. The second-order valence-electron chi connectivity index (χ2n) is 7.23. The molecule has 3 rings (SSSR count). The third-order valence-corrected chi connectivity index (χ3v) is 6.21. The minimum Gasteiger partial charge on any atom is -0.357 e. The van der Waals surface area contributed by atoms with Crippen molar-refractivity contribution in [2.45, 2.75) is 59.2 Å². The molecule has 160 valence electrons. The average molecular weight is 528 g/mol. The number of aromatic nitrogens is 1. The van der Waals surface area contributed by atoms with Crippen molar-refractivity contribution in [3.63, 3.8) is 0 Å². The number of halogens is 1. The van der Waals surface area contributed by atoms with Gasteiger partial charge < -0.3 is 10.6 Å². The Labute approximate surface area is 196 Å². The van der Waals surface area contributed by atoms with Gasteiger partial charge in [-0.2, -0.15) is 0 Å². The van der Waals surface area contributed by atoms with Gasteiger partial charge in [-0.05, 0) is 50.4 Å². The van der Waals surface area contributed by atoms with Crippen LogP contribution in [0.4, 0.5) is 0 Å². The Hall–Kier alpha value is -1.19. The zero-order valence-corrected chi connectivity index (χ0v) is 20.8. The van der Waals surface area contributed by atoms with Gasteiger partial charge >= 0.3 is 0 Å². The van der Waals surface area contributed by atoms with Gasteiger partial charge in [-0.15, -0.1) is 35.3 Å². The van der Waals surface area contributed by atoms with Crippen molar-refractivity contribution < 1.29 is 0 Å². The molecule has 2 aromatic rings. The Balaban J connectivity index is 0.00000300. The van der Waals surface area contributed by atoms with Crippen molar-refractivity contribution in [2.24, 2.45) is 4.99 Å². The average Bonchev–Trinajstić information content (AvgIpc) is 3.20. The largest absolute Gasteiger partial charge is 0.357 e. The van der Waals surface area contributed by atoms with Crippen LogP contribution in [0.5, 0.6) is 0 Å². The van der Waals surface area contributed by atoms with Crippen LogP contribution < -0.4 is 10.6 Å². The summed E-state index contributed by atoms with van der Waals surface area (Å²) >= 11 is 1.77. The Morgan fingerprint density at radius 1 is 1.10 bits per heavy atom. The van der Waals surface area contributed by atoms with Gasteiger partial charge in [0.25, 0.3) is 0 Å². The van der Waals surface area contributed by atoms with Crippen molar-refractivity contribution >= 4 is 41.3 Å². The predicted octanol–water partition coefficient (Wildman–Crippen LogP) is 4.56. The molecule has 0 saturated carbocycles. The zero-order valence-electron chi connectivity index (χ0n) is 17.6. The summed E-state index contributed by atoms with van der Waals surface area (Å²) in [6.07, 6.45) is 7.04. The number of nitrogens with zero attached hydrogens (tertiary/aromatic N) is 3. The highest BCUT2D eigenvalue weighted by Gasteiger charge is 2.12. The first-order valence-electron chi connectivity index (χ1n) is 10.5. The van der Waals surface area contributed by atoms with Crippen molar-refractivity contribution in [3.05, 3.63) is 51.5 Å². The maximum absolute atomic E-state index is 4.83. The lowest BCUT2D eigenvalue weighted by molar-refractivity contribution is 0.220. The van der Waals surface area contributed by atoms with Crippen LogP contribution in [0, 0.1) is 0 Å². The quantitative estimate of drug-likeness (QED) is 0.300. The number of aliphatic imine (C=N–C) groups is 1. The van der Waals surface area contributed by atoms with Crippen molar-refractivity contribution in [2.75, 3.05) is 19.6 Å². The molecule has 0 bridgehead atoms. The maximum atomic E-state index is 4.83. The third-order valence-electron chi connectivity index (χ3n) is 5.07. The highest BCUT2D eigenvalue weighted by atomic mass is 127. The fraction of sp³-hybridized carbons (Fsp3) is 0.545. The molecule has 1 saturated heterocycles. The van der Waals surface area contributed by atoms with Crippen LogP contribution in [0.25, 0.3) is 0 Å². The molecule has 2 heterocycles. The summed E-state index contributed by atoms with van der Waals surface area (Å²) in [4.78, 5) is 13.2. The van der Waals surface area contributed by atoms with Gasteiger partial charge in [0.15, 0.2) is 5.96 Å². The summed E-state index contributed by atoms with van der Waals surface area (Å²) in [5, 5.41) is 7.88. The fourth-order valence-corrected chi connectivity index (χ4v) is 4.29. The van der Waals surface area contributed by atoms with E-state index in [1.54, 1.807) is 11.3 Å². The van der Waals surface area contributed by atoms with E-state index in [1.165, 1.54) is 48.4 Å². The van der Waals surface area contributed by atoms with Gasteiger partial charge in [0.2, 0.25) is 0 Å². The molecular formula is C22H34IN5S. The van der Waals surface area contributed by atoms with Crippen LogP contribution in [0.1, 0.15) is 54.1 Å². The summed E-state index contributed by atoms with van der Waals surface area (Å²) in [5.74, 6) is 0.850. The van der Waals surface area contributed by atoms with Gasteiger partial charge in [0.1, 0.15) is 5.01 Å². The van der Waals surface area contributed by atoms with E-state index in [9.17, 15) is 0 Å². The number of nitrogens with one attached hydrogen (secondary N) is 2. The number of benzene rings is 1. The monoisotopic (exact) mass is 527 g/mol. The van der Waals surface area contributed by atoms with Gasteiger partial charge in [-0.3, -0.25) is 4.90 Å². The van der Waals surface area contributed by atoms with Crippen LogP contribution >= 0.6 is 35.3 Å². The highest BCUT2D eigenvalue weighted by Crippen LogP contribution is 2.17. The minimum absolute atomic E-state index is 0. The van der Waals surface area contributed by atoms with Crippen molar-refractivity contribution in [3.8, 4) is 0 Å². The number of likely N-dealkylation sites (tertiary alicyclic amines) is 1. The van der Waals surface area contributed by atoms with E-state index in [1.807, 2.05) is 6.20 Å². The van der Waals surface area contributed by atoms with Gasteiger partial charge in [0.05, 0.1) is 13.1 Å². The van der Waals surface area contributed by atoms with Crippen LogP contribution in [0.15, 0.2) is 35.5 Å². The van der Waals surface area contributed by atoms with E-state index < -0.39 is 0 Å². The standard InChI is InChI=1S/C22H33N5S.HI/c1-3-20-15-24-21(28-20)16-26-22(23-4-2)25-14-18-10-6-7-11-19(18)17-27-12-8-5-9-13-27;/h6-7,10-11,15H,3-5,8-9,12-14,16-17H2,1-2H3,(H2,23,25,26);1H. The fourth-order valence-electron chi connectivity index (χ4n) is 3.48. The molecule has 1 aromatic heterocycles. The van der Waals surface area contributed by atoms with E-state index in [2.05, 4.69) is 58.6 Å². The first-order chi connectivity index (χ1) is 13.8. The molecule has 0 atom stereocenters. The topological polar surface area (TPSA) is 52.6 Å². The summed E-state index contributed by atoms with van der Waals surface area (Å²) in [5.41, 5.74) is 2.71. The van der Waals surface area contributed by atoms with Gasteiger partial charge in [0, 0.05) is 24.2 Å². The number of thiazole rings is 1. The van der Waals surface area contributed by atoms with E-state index in [0.717, 1.165) is 30.5 Å². The normalized spacial score (nSPS) is 15.0. The molecule has 1 aromatic carbocycles. The van der Waals surface area contributed by atoms with Crippen LogP contribution in [-0.4, -0.2) is 35.5 Å². The lowest BCUT2D eigenvalue weighted by Gasteiger charge is -2.27. The molecule has 1 fully saturated rings. The van der Waals surface area contributed by atoms with E-state index in [4.69, 9.17) is 4.99 Å². The number of hydrogen-bond acceptors (Lipinski definition) is 4.